The molecule has 3 aromatic heterocycles. The van der Waals surface area contributed by atoms with Gasteiger partial charge in [0.05, 0.1) is 12.1 Å². The van der Waals surface area contributed by atoms with Crippen LogP contribution in [0.25, 0.3) is 21.6 Å². The van der Waals surface area contributed by atoms with Gasteiger partial charge in [-0.1, -0.05) is 19.3 Å². The van der Waals surface area contributed by atoms with Crippen molar-refractivity contribution in [3.63, 3.8) is 0 Å². The van der Waals surface area contributed by atoms with Crippen molar-refractivity contribution in [1.82, 2.24) is 19.9 Å². The van der Waals surface area contributed by atoms with E-state index >= 15 is 0 Å². The quantitative estimate of drug-likeness (QED) is 0.735. The molecule has 1 amide bonds. The molecule has 3 aromatic rings. The van der Waals surface area contributed by atoms with Gasteiger partial charge in [0.25, 0.3) is 0 Å². The number of aromatic nitrogens is 3. The highest BCUT2D eigenvalue weighted by atomic mass is 32.1. The molecule has 6 heteroatoms. The molecule has 1 N–H and O–H groups in total. The third-order valence-corrected chi connectivity index (χ3v) is 5.99. The fraction of sp³-hybridized carbons (Fsp3) is 0.450. The Kier molecular flexibility index (Phi) is 5.02. The lowest BCUT2D eigenvalue weighted by Gasteiger charge is -2.22. The molecular weight excluding hydrogens is 344 g/mol. The van der Waals surface area contributed by atoms with Crippen LogP contribution in [-0.2, 0) is 17.8 Å². The number of carbonyl (C=O) groups excluding carboxylic acids is 1. The van der Waals surface area contributed by atoms with Crippen LogP contribution in [0.1, 0.15) is 44.7 Å². The van der Waals surface area contributed by atoms with Crippen LogP contribution in [0.5, 0.6) is 0 Å². The van der Waals surface area contributed by atoms with E-state index in [0.717, 1.165) is 46.7 Å². The highest BCUT2D eigenvalue weighted by Crippen LogP contribution is 2.32. The molecule has 5 nitrogen and oxygen atoms in total. The van der Waals surface area contributed by atoms with Crippen molar-refractivity contribution < 1.29 is 4.79 Å². The molecule has 1 aliphatic rings. The molecule has 0 saturated heterocycles. The van der Waals surface area contributed by atoms with Gasteiger partial charge >= 0.3 is 0 Å². The van der Waals surface area contributed by atoms with Crippen LogP contribution in [0.2, 0.25) is 0 Å². The van der Waals surface area contributed by atoms with E-state index < -0.39 is 0 Å². The van der Waals surface area contributed by atoms with Crippen molar-refractivity contribution in [2.75, 3.05) is 0 Å². The molecule has 3 heterocycles. The largest absolute Gasteiger partial charge is 0.353 e. The molecule has 0 aliphatic heterocycles. The maximum absolute atomic E-state index is 12.3. The Morgan fingerprint density at radius 1 is 1.35 bits per heavy atom. The van der Waals surface area contributed by atoms with Crippen molar-refractivity contribution in [3.05, 3.63) is 35.6 Å². The van der Waals surface area contributed by atoms with Crippen LogP contribution in [0.3, 0.4) is 0 Å². The topological polar surface area (TPSA) is 59.8 Å². The molecule has 0 bridgehead atoms. The van der Waals surface area contributed by atoms with E-state index in [1.165, 1.54) is 19.3 Å². The number of hydrogen-bond acceptors (Lipinski definition) is 4. The molecule has 0 aromatic carbocycles. The number of aryl methyl sites for hydroxylation is 1. The Labute approximate surface area is 157 Å². The van der Waals surface area contributed by atoms with Crippen LogP contribution in [0.15, 0.2) is 29.9 Å². The third kappa shape index (κ3) is 3.51. The average Bonchev–Trinajstić information content (AvgIpc) is 3.26. The van der Waals surface area contributed by atoms with E-state index in [4.69, 9.17) is 4.98 Å². The van der Waals surface area contributed by atoms with Gasteiger partial charge in [-0.25, -0.2) is 9.97 Å². The number of pyridine rings is 1. The number of carbonyl (C=O) groups is 1. The van der Waals surface area contributed by atoms with Gasteiger partial charge in [0.15, 0.2) is 0 Å². The van der Waals surface area contributed by atoms with Crippen LogP contribution < -0.4 is 5.32 Å². The summed E-state index contributed by atoms with van der Waals surface area (Å²) in [7, 11) is 0. The Bertz CT molecular complexity index is 908. The zero-order valence-electron chi connectivity index (χ0n) is 15.1. The number of hydrogen-bond donors (Lipinski definition) is 1. The molecule has 0 spiro atoms. The highest BCUT2D eigenvalue weighted by Gasteiger charge is 2.18. The van der Waals surface area contributed by atoms with E-state index in [0.29, 0.717) is 12.5 Å². The van der Waals surface area contributed by atoms with E-state index in [9.17, 15) is 4.79 Å². The van der Waals surface area contributed by atoms with E-state index in [2.05, 4.69) is 34.1 Å². The predicted molar refractivity (Wildman–Crippen MR) is 105 cm³/mol. The Hall–Kier alpha value is -2.21. The summed E-state index contributed by atoms with van der Waals surface area (Å²) in [5.41, 5.74) is 2.93. The Morgan fingerprint density at radius 2 is 2.19 bits per heavy atom. The number of amides is 1. The predicted octanol–water partition coefficient (Wildman–Crippen LogP) is 4.17. The molecule has 136 valence electrons. The van der Waals surface area contributed by atoms with E-state index in [1.807, 2.05) is 17.6 Å². The number of rotatable bonds is 5. The molecule has 1 fully saturated rings. The summed E-state index contributed by atoms with van der Waals surface area (Å²) in [6.07, 6.45) is 10.3. The molecule has 1 saturated carbocycles. The van der Waals surface area contributed by atoms with Crippen molar-refractivity contribution in [2.24, 2.45) is 0 Å². The SMILES string of the molecule is CCn1cc(-c2nc(CC(=O)NC3CCCCC3)cs2)c2cccnc21. The third-order valence-electron chi connectivity index (χ3n) is 5.07. The van der Waals surface area contributed by atoms with Crippen molar-refractivity contribution >= 4 is 28.3 Å². The lowest BCUT2D eigenvalue weighted by atomic mass is 9.95. The summed E-state index contributed by atoms with van der Waals surface area (Å²) < 4.78 is 2.14. The monoisotopic (exact) mass is 368 g/mol. The summed E-state index contributed by atoms with van der Waals surface area (Å²) in [6.45, 7) is 2.98. The van der Waals surface area contributed by atoms with E-state index in [1.54, 1.807) is 11.3 Å². The van der Waals surface area contributed by atoms with Gasteiger partial charge < -0.3 is 9.88 Å². The van der Waals surface area contributed by atoms with Gasteiger partial charge in [0.1, 0.15) is 10.7 Å². The molecule has 1 aliphatic carbocycles. The zero-order valence-corrected chi connectivity index (χ0v) is 15.9. The number of thiazole rings is 1. The second-order valence-electron chi connectivity index (χ2n) is 6.93. The van der Waals surface area contributed by atoms with Gasteiger partial charge in [-0.15, -0.1) is 11.3 Å². The molecular formula is C20H24N4OS. The first kappa shape index (κ1) is 17.2. The van der Waals surface area contributed by atoms with E-state index in [-0.39, 0.29) is 5.91 Å². The molecule has 0 radical (unpaired) electrons. The Morgan fingerprint density at radius 3 is 3.00 bits per heavy atom. The van der Waals surface area contributed by atoms with Gasteiger partial charge in [0.2, 0.25) is 5.91 Å². The van der Waals surface area contributed by atoms with Crippen LogP contribution >= 0.6 is 11.3 Å². The smallest absolute Gasteiger partial charge is 0.226 e. The highest BCUT2D eigenvalue weighted by molar-refractivity contribution is 7.13. The van der Waals surface area contributed by atoms with Gasteiger partial charge in [-0.2, -0.15) is 0 Å². The van der Waals surface area contributed by atoms with Crippen molar-refractivity contribution in [3.8, 4) is 10.6 Å². The fourth-order valence-corrected chi connectivity index (χ4v) is 4.58. The maximum Gasteiger partial charge on any atom is 0.226 e. The van der Waals surface area contributed by atoms with Gasteiger partial charge in [-0.3, -0.25) is 4.79 Å². The standard InChI is InChI=1S/C20H24N4OS/c1-2-24-12-17(16-9-6-10-21-19(16)24)20-23-15(13-26-20)11-18(25)22-14-7-4-3-5-8-14/h6,9-10,12-14H,2-5,7-8,11H2,1H3,(H,22,25). The molecule has 0 unspecified atom stereocenters. The lowest BCUT2D eigenvalue weighted by molar-refractivity contribution is -0.121. The minimum absolute atomic E-state index is 0.0893. The second-order valence-corrected chi connectivity index (χ2v) is 7.78. The minimum Gasteiger partial charge on any atom is -0.353 e. The molecule has 26 heavy (non-hydrogen) atoms. The normalized spacial score (nSPS) is 15.4. The lowest BCUT2D eigenvalue weighted by Crippen LogP contribution is -2.37. The van der Waals surface area contributed by atoms with Gasteiger partial charge in [0, 0.05) is 41.3 Å². The molecule has 4 rings (SSSR count). The second kappa shape index (κ2) is 7.58. The molecule has 0 atom stereocenters. The first-order chi connectivity index (χ1) is 12.7. The summed E-state index contributed by atoms with van der Waals surface area (Å²) >= 11 is 1.60. The number of nitrogens with one attached hydrogen (secondary N) is 1. The van der Waals surface area contributed by atoms with Gasteiger partial charge in [-0.05, 0) is 31.9 Å². The first-order valence-corrected chi connectivity index (χ1v) is 10.3. The number of nitrogens with zero attached hydrogens (tertiary/aromatic N) is 3. The van der Waals surface area contributed by atoms with Crippen LogP contribution in [-0.4, -0.2) is 26.5 Å². The van der Waals surface area contributed by atoms with Crippen LogP contribution in [0.4, 0.5) is 0 Å². The average molecular weight is 369 g/mol. The first-order valence-electron chi connectivity index (χ1n) is 9.42. The minimum atomic E-state index is 0.0893. The van der Waals surface area contributed by atoms with Crippen molar-refractivity contribution in [1.29, 1.82) is 0 Å². The number of fused-ring (bicyclic) bond motifs is 1. The summed E-state index contributed by atoms with van der Waals surface area (Å²) in [6, 6.07) is 4.39. The summed E-state index contributed by atoms with van der Waals surface area (Å²) in [5, 5.41) is 7.24. The fourth-order valence-electron chi connectivity index (χ4n) is 3.74. The zero-order chi connectivity index (χ0) is 17.9. The maximum atomic E-state index is 12.3. The Balaban J connectivity index is 1.50. The summed E-state index contributed by atoms with van der Waals surface area (Å²) in [5.74, 6) is 0.0893. The van der Waals surface area contributed by atoms with Crippen molar-refractivity contribution in [2.45, 2.75) is 58.0 Å². The summed E-state index contributed by atoms with van der Waals surface area (Å²) in [4.78, 5) is 21.6. The van der Waals surface area contributed by atoms with Crippen LogP contribution in [0, 0.1) is 0 Å².